The molecule has 7 rings (SSSR count). The molecule has 5 fully saturated rings. The van der Waals surface area contributed by atoms with Gasteiger partial charge in [-0.2, -0.15) is 4.31 Å². The van der Waals surface area contributed by atoms with Gasteiger partial charge in [0.1, 0.15) is 6.04 Å². The van der Waals surface area contributed by atoms with Gasteiger partial charge in [0.2, 0.25) is 15.9 Å². The Labute approximate surface area is 191 Å². The summed E-state index contributed by atoms with van der Waals surface area (Å²) in [6.45, 7) is 2.14. The zero-order valence-electron chi connectivity index (χ0n) is 18.9. The van der Waals surface area contributed by atoms with E-state index in [0.29, 0.717) is 18.4 Å². The van der Waals surface area contributed by atoms with Crippen molar-refractivity contribution in [2.45, 2.75) is 62.4 Å². The number of nitrogens with zero attached hydrogens (tertiary/aromatic N) is 1. The summed E-state index contributed by atoms with van der Waals surface area (Å²) in [6, 6.07) is 7.53. The number of sulfonamides is 1. The SMILES string of the molecule is CS(=O)(=O)N1CC2(CCNCC2)c2ccccc2C1C(=O)NC1C2CC3CC(C2)CC1C3. The third-order valence-corrected chi connectivity index (χ3v) is 10.5. The summed E-state index contributed by atoms with van der Waals surface area (Å²) >= 11 is 0. The Morgan fingerprint density at radius 3 is 2.28 bits per heavy atom. The van der Waals surface area contributed by atoms with Crippen LogP contribution in [-0.4, -0.2) is 50.6 Å². The van der Waals surface area contributed by atoms with Crippen LogP contribution in [-0.2, 0) is 20.2 Å². The van der Waals surface area contributed by atoms with E-state index >= 15 is 0 Å². The number of piperidine rings is 1. The number of rotatable bonds is 3. The average molecular weight is 458 g/mol. The fraction of sp³-hybridized carbons (Fsp3) is 0.720. The molecule has 1 spiro atoms. The molecule has 6 aliphatic rings. The van der Waals surface area contributed by atoms with Crippen LogP contribution in [0.5, 0.6) is 0 Å². The quantitative estimate of drug-likeness (QED) is 0.731. The van der Waals surface area contributed by atoms with Crippen molar-refractivity contribution in [3.05, 3.63) is 35.4 Å². The Morgan fingerprint density at radius 1 is 1.03 bits per heavy atom. The van der Waals surface area contributed by atoms with Crippen LogP contribution in [0.4, 0.5) is 0 Å². The highest BCUT2D eigenvalue weighted by atomic mass is 32.2. The number of hydrogen-bond donors (Lipinski definition) is 2. The summed E-state index contributed by atoms with van der Waals surface area (Å²) in [7, 11) is -3.55. The second-order valence-electron chi connectivity index (χ2n) is 11.3. The molecule has 6 nitrogen and oxygen atoms in total. The van der Waals surface area contributed by atoms with E-state index < -0.39 is 16.1 Å². The number of carbonyl (C=O) groups is 1. The minimum atomic E-state index is -3.55. The van der Waals surface area contributed by atoms with Crippen LogP contribution in [0.3, 0.4) is 0 Å². The molecule has 2 N–H and O–H groups in total. The number of nitrogens with one attached hydrogen (secondary N) is 2. The van der Waals surface area contributed by atoms with E-state index in [1.807, 2.05) is 18.2 Å². The summed E-state index contributed by atoms with van der Waals surface area (Å²) in [6.07, 6.45) is 9.33. The number of amides is 1. The third kappa shape index (κ3) is 3.34. The molecule has 174 valence electrons. The molecule has 1 saturated heterocycles. The normalized spacial score (nSPS) is 37.9. The van der Waals surface area contributed by atoms with Gasteiger partial charge in [-0.1, -0.05) is 24.3 Å². The van der Waals surface area contributed by atoms with E-state index in [0.717, 1.165) is 43.3 Å². The van der Waals surface area contributed by atoms with E-state index in [-0.39, 0.29) is 17.4 Å². The van der Waals surface area contributed by atoms with Crippen LogP contribution < -0.4 is 10.6 Å². The predicted octanol–water partition coefficient (Wildman–Crippen LogP) is 2.57. The molecule has 4 aliphatic carbocycles. The predicted molar refractivity (Wildman–Crippen MR) is 123 cm³/mol. The first-order valence-corrected chi connectivity index (χ1v) is 14.3. The lowest BCUT2D eigenvalue weighted by Crippen LogP contribution is -2.60. The summed E-state index contributed by atoms with van der Waals surface area (Å²) in [5.74, 6) is 2.69. The van der Waals surface area contributed by atoms with Gasteiger partial charge < -0.3 is 10.6 Å². The van der Waals surface area contributed by atoms with E-state index in [1.165, 1.54) is 48.2 Å². The summed E-state index contributed by atoms with van der Waals surface area (Å²) in [5.41, 5.74) is 1.84. The Bertz CT molecular complexity index is 989. The van der Waals surface area contributed by atoms with Crippen LogP contribution in [0.25, 0.3) is 0 Å². The van der Waals surface area contributed by atoms with Crippen molar-refractivity contribution >= 4 is 15.9 Å². The Kier molecular flexibility index (Phi) is 4.97. The van der Waals surface area contributed by atoms with Gasteiger partial charge in [0.25, 0.3) is 0 Å². The minimum absolute atomic E-state index is 0.121. The fourth-order valence-corrected chi connectivity index (χ4v) is 9.24. The molecule has 2 heterocycles. The maximum atomic E-state index is 13.9. The van der Waals surface area contributed by atoms with Crippen molar-refractivity contribution in [1.29, 1.82) is 0 Å². The molecule has 1 aromatic rings. The van der Waals surface area contributed by atoms with Gasteiger partial charge in [0.15, 0.2) is 0 Å². The van der Waals surface area contributed by atoms with Crippen LogP contribution >= 0.6 is 0 Å². The average Bonchev–Trinajstić information content (AvgIpc) is 2.76. The lowest BCUT2D eigenvalue weighted by molar-refractivity contribution is -0.129. The highest BCUT2D eigenvalue weighted by molar-refractivity contribution is 7.88. The van der Waals surface area contributed by atoms with Gasteiger partial charge in [-0.3, -0.25) is 4.79 Å². The maximum Gasteiger partial charge on any atom is 0.243 e. The van der Waals surface area contributed by atoms with Crippen LogP contribution in [0.1, 0.15) is 62.1 Å². The molecule has 0 radical (unpaired) electrons. The first kappa shape index (κ1) is 21.1. The lowest BCUT2D eigenvalue weighted by Gasteiger charge is -2.55. The number of hydrogen-bond acceptors (Lipinski definition) is 4. The molecule has 4 saturated carbocycles. The van der Waals surface area contributed by atoms with E-state index in [2.05, 4.69) is 16.7 Å². The monoisotopic (exact) mass is 457 g/mol. The standard InChI is InChI=1S/C25H35N3O3S/c1-32(30,31)28-15-25(6-8-26-9-7-25)21-5-3-2-4-20(21)23(28)24(29)27-22-18-11-16-10-17(13-18)14-19(22)12-16/h2-5,16-19,22-23,26H,6-15H2,1H3,(H,27,29). The fourth-order valence-electron chi connectivity index (χ4n) is 8.17. The van der Waals surface area contributed by atoms with Crippen LogP contribution in [0.15, 0.2) is 24.3 Å². The molecule has 2 aliphatic heterocycles. The number of carbonyl (C=O) groups excluding carboxylic acids is 1. The van der Waals surface area contributed by atoms with Gasteiger partial charge in [0.05, 0.1) is 6.26 Å². The zero-order valence-corrected chi connectivity index (χ0v) is 19.7. The Hall–Kier alpha value is -1.44. The largest absolute Gasteiger partial charge is 0.351 e. The van der Waals surface area contributed by atoms with Crippen molar-refractivity contribution in [2.24, 2.45) is 23.7 Å². The van der Waals surface area contributed by atoms with Gasteiger partial charge in [-0.05, 0) is 92.8 Å². The van der Waals surface area contributed by atoms with Crippen LogP contribution in [0, 0.1) is 23.7 Å². The summed E-state index contributed by atoms with van der Waals surface area (Å²) in [5, 5.41) is 6.82. The van der Waals surface area contributed by atoms with E-state index in [9.17, 15) is 13.2 Å². The number of fused-ring (bicyclic) bond motifs is 2. The number of benzene rings is 1. The molecule has 1 amide bonds. The summed E-state index contributed by atoms with van der Waals surface area (Å²) in [4.78, 5) is 13.9. The van der Waals surface area contributed by atoms with Gasteiger partial charge in [-0.15, -0.1) is 0 Å². The van der Waals surface area contributed by atoms with Gasteiger partial charge in [-0.25, -0.2) is 8.42 Å². The Balaban J connectivity index is 1.35. The van der Waals surface area contributed by atoms with Crippen molar-refractivity contribution in [3.8, 4) is 0 Å². The van der Waals surface area contributed by atoms with Gasteiger partial charge in [0, 0.05) is 18.0 Å². The molecule has 0 aromatic heterocycles. The van der Waals surface area contributed by atoms with Crippen molar-refractivity contribution in [2.75, 3.05) is 25.9 Å². The molecule has 32 heavy (non-hydrogen) atoms. The lowest BCUT2D eigenvalue weighted by atomic mass is 9.54. The molecular formula is C25H35N3O3S. The van der Waals surface area contributed by atoms with Crippen LogP contribution in [0.2, 0.25) is 0 Å². The second kappa shape index (κ2) is 7.54. The zero-order chi connectivity index (χ0) is 22.1. The van der Waals surface area contributed by atoms with E-state index in [4.69, 9.17) is 0 Å². The molecule has 1 unspecified atom stereocenters. The topological polar surface area (TPSA) is 78.5 Å². The highest BCUT2D eigenvalue weighted by Gasteiger charge is 2.52. The maximum absolute atomic E-state index is 13.9. The minimum Gasteiger partial charge on any atom is -0.351 e. The van der Waals surface area contributed by atoms with Crippen molar-refractivity contribution < 1.29 is 13.2 Å². The molecule has 1 atom stereocenters. The molecule has 7 heteroatoms. The third-order valence-electron chi connectivity index (χ3n) is 9.34. The van der Waals surface area contributed by atoms with Crippen molar-refractivity contribution in [3.63, 3.8) is 0 Å². The molecular weight excluding hydrogens is 422 g/mol. The van der Waals surface area contributed by atoms with E-state index in [1.54, 1.807) is 0 Å². The highest BCUT2D eigenvalue weighted by Crippen LogP contribution is 2.54. The summed E-state index contributed by atoms with van der Waals surface area (Å²) < 4.78 is 27.5. The first-order chi connectivity index (χ1) is 15.3. The Morgan fingerprint density at radius 2 is 1.66 bits per heavy atom. The first-order valence-electron chi connectivity index (χ1n) is 12.4. The molecule has 4 bridgehead atoms. The smallest absolute Gasteiger partial charge is 0.243 e. The second-order valence-corrected chi connectivity index (χ2v) is 13.2. The van der Waals surface area contributed by atoms with Gasteiger partial charge >= 0.3 is 0 Å². The molecule has 1 aromatic carbocycles. The van der Waals surface area contributed by atoms with Crippen molar-refractivity contribution in [1.82, 2.24) is 14.9 Å².